The maximum Gasteiger partial charge on any atom is 0.106 e. The number of benzene rings is 1. The number of aryl methyl sites for hydroxylation is 3. The monoisotopic (exact) mass is 206 g/mol. The Morgan fingerprint density at radius 1 is 1.43 bits per heavy atom. The van der Waals surface area contributed by atoms with Crippen molar-refractivity contribution in [1.82, 2.24) is 9.55 Å². The van der Waals surface area contributed by atoms with Gasteiger partial charge in [-0.25, -0.2) is 4.98 Å². The Labute approximate surface area is 89.4 Å². The van der Waals surface area contributed by atoms with Crippen molar-refractivity contribution in [1.29, 1.82) is 0 Å². The molecule has 0 bridgehead atoms. The van der Waals surface area contributed by atoms with Crippen molar-refractivity contribution in [2.24, 2.45) is 7.05 Å². The van der Waals surface area contributed by atoms with Gasteiger partial charge in [0.2, 0.25) is 0 Å². The minimum atomic E-state index is 0.891. The topological polar surface area (TPSA) is 17.8 Å². The summed E-state index contributed by atoms with van der Waals surface area (Å²) in [6, 6.07) is 6.41. The predicted molar refractivity (Wildman–Crippen MR) is 63.0 cm³/mol. The number of rotatable bonds is 2. The summed E-state index contributed by atoms with van der Waals surface area (Å²) in [6.45, 7) is 2.03. The summed E-state index contributed by atoms with van der Waals surface area (Å²) in [5, 5.41) is 0. The van der Waals surface area contributed by atoms with Crippen LogP contribution in [0.25, 0.3) is 11.0 Å². The van der Waals surface area contributed by atoms with Crippen LogP contribution in [0.15, 0.2) is 18.2 Å². The molecule has 3 heteroatoms. The Balaban J connectivity index is 2.58. The Morgan fingerprint density at radius 2 is 2.21 bits per heavy atom. The lowest BCUT2D eigenvalue weighted by Crippen LogP contribution is -1.91. The van der Waals surface area contributed by atoms with Gasteiger partial charge in [0.1, 0.15) is 5.82 Å². The van der Waals surface area contributed by atoms with Gasteiger partial charge in [0.15, 0.2) is 0 Å². The second-order valence-electron chi connectivity index (χ2n) is 3.51. The number of nitrogens with zero attached hydrogens (tertiary/aromatic N) is 2. The number of hydrogen-bond donors (Lipinski definition) is 1. The molecular formula is C11H14N2S. The molecule has 0 spiro atoms. The van der Waals surface area contributed by atoms with E-state index in [1.165, 1.54) is 11.1 Å². The molecule has 1 heterocycles. The molecule has 1 aromatic carbocycles. The highest BCUT2D eigenvalue weighted by atomic mass is 32.1. The third-order valence-corrected chi connectivity index (χ3v) is 2.79. The number of aromatic nitrogens is 2. The van der Waals surface area contributed by atoms with Crippen molar-refractivity contribution < 1.29 is 0 Å². The van der Waals surface area contributed by atoms with Crippen LogP contribution >= 0.6 is 12.6 Å². The van der Waals surface area contributed by atoms with Crippen molar-refractivity contribution in [3.63, 3.8) is 0 Å². The van der Waals surface area contributed by atoms with Gasteiger partial charge < -0.3 is 4.57 Å². The molecule has 0 aliphatic heterocycles. The van der Waals surface area contributed by atoms with Gasteiger partial charge in [0.05, 0.1) is 11.0 Å². The highest BCUT2D eigenvalue weighted by Gasteiger charge is 2.03. The average molecular weight is 206 g/mol. The van der Waals surface area contributed by atoms with E-state index in [-0.39, 0.29) is 0 Å². The predicted octanol–water partition coefficient (Wildman–Crippen LogP) is 2.35. The summed E-state index contributed by atoms with van der Waals surface area (Å²) in [4.78, 5) is 4.46. The SMILES string of the molecule is Cc1nc2ccc(CCS)cc2n1C. The second kappa shape index (κ2) is 3.65. The number of imidazole rings is 1. The highest BCUT2D eigenvalue weighted by molar-refractivity contribution is 7.80. The molecule has 74 valence electrons. The molecule has 2 nitrogen and oxygen atoms in total. The van der Waals surface area contributed by atoms with Crippen LogP contribution in [-0.4, -0.2) is 15.3 Å². The molecule has 0 atom stereocenters. The third kappa shape index (κ3) is 1.52. The number of hydrogen-bond acceptors (Lipinski definition) is 2. The summed E-state index contributed by atoms with van der Waals surface area (Å²) in [5.74, 6) is 1.95. The van der Waals surface area contributed by atoms with Crippen molar-refractivity contribution in [2.45, 2.75) is 13.3 Å². The van der Waals surface area contributed by atoms with Gasteiger partial charge in [0.25, 0.3) is 0 Å². The Hall–Kier alpha value is -0.960. The van der Waals surface area contributed by atoms with E-state index in [1.807, 2.05) is 6.92 Å². The van der Waals surface area contributed by atoms with E-state index in [0.29, 0.717) is 0 Å². The largest absolute Gasteiger partial charge is 0.331 e. The zero-order valence-electron chi connectivity index (χ0n) is 8.49. The summed E-state index contributed by atoms with van der Waals surface area (Å²) in [6.07, 6.45) is 1.02. The molecule has 14 heavy (non-hydrogen) atoms. The Morgan fingerprint density at radius 3 is 2.93 bits per heavy atom. The van der Waals surface area contributed by atoms with Crippen molar-refractivity contribution in [3.05, 3.63) is 29.6 Å². The molecular weight excluding hydrogens is 192 g/mol. The fourth-order valence-electron chi connectivity index (χ4n) is 1.64. The van der Waals surface area contributed by atoms with Gasteiger partial charge in [-0.3, -0.25) is 0 Å². The van der Waals surface area contributed by atoms with Crippen LogP contribution in [0.2, 0.25) is 0 Å². The van der Waals surface area contributed by atoms with Gasteiger partial charge in [-0.1, -0.05) is 6.07 Å². The average Bonchev–Trinajstić information content (AvgIpc) is 2.45. The molecule has 2 aromatic rings. The molecule has 0 saturated heterocycles. The summed E-state index contributed by atoms with van der Waals surface area (Å²) in [7, 11) is 2.05. The molecule has 0 unspecified atom stereocenters. The lowest BCUT2D eigenvalue weighted by atomic mass is 10.1. The summed E-state index contributed by atoms with van der Waals surface area (Å²) >= 11 is 4.23. The minimum absolute atomic E-state index is 0.891. The molecule has 0 radical (unpaired) electrons. The van der Waals surface area contributed by atoms with Crippen LogP contribution in [0.3, 0.4) is 0 Å². The Kier molecular flexibility index (Phi) is 2.50. The lowest BCUT2D eigenvalue weighted by molar-refractivity contribution is 0.885. The van der Waals surface area contributed by atoms with E-state index in [1.54, 1.807) is 0 Å². The quantitative estimate of drug-likeness (QED) is 0.747. The van der Waals surface area contributed by atoms with E-state index in [0.717, 1.165) is 23.5 Å². The van der Waals surface area contributed by atoms with Crippen LogP contribution < -0.4 is 0 Å². The molecule has 1 aromatic heterocycles. The molecule has 0 N–H and O–H groups in total. The zero-order valence-corrected chi connectivity index (χ0v) is 9.38. The normalized spacial score (nSPS) is 11.1. The third-order valence-electron chi connectivity index (χ3n) is 2.57. The molecule has 0 amide bonds. The van der Waals surface area contributed by atoms with Gasteiger partial charge in [-0.05, 0) is 36.8 Å². The fourth-order valence-corrected chi connectivity index (χ4v) is 1.90. The van der Waals surface area contributed by atoms with E-state index in [9.17, 15) is 0 Å². The lowest BCUT2D eigenvalue weighted by Gasteiger charge is -2.00. The van der Waals surface area contributed by atoms with Crippen molar-refractivity contribution in [3.8, 4) is 0 Å². The molecule has 2 rings (SSSR count). The molecule has 0 aliphatic rings. The van der Waals surface area contributed by atoms with Crippen LogP contribution in [-0.2, 0) is 13.5 Å². The van der Waals surface area contributed by atoms with Crippen molar-refractivity contribution in [2.75, 3.05) is 5.75 Å². The first-order chi connectivity index (χ1) is 6.72. The fraction of sp³-hybridized carbons (Fsp3) is 0.364. The maximum atomic E-state index is 4.46. The highest BCUT2D eigenvalue weighted by Crippen LogP contribution is 2.16. The van der Waals surface area contributed by atoms with Crippen LogP contribution in [0.1, 0.15) is 11.4 Å². The Bertz CT molecular complexity index is 460. The maximum absolute atomic E-state index is 4.46. The zero-order chi connectivity index (χ0) is 10.1. The van der Waals surface area contributed by atoms with E-state index in [2.05, 4.69) is 47.4 Å². The van der Waals surface area contributed by atoms with Gasteiger partial charge >= 0.3 is 0 Å². The standard InChI is InChI=1S/C11H14N2S/c1-8-12-10-4-3-9(5-6-14)7-11(10)13(8)2/h3-4,7,14H,5-6H2,1-2H3. The van der Waals surface area contributed by atoms with Crippen molar-refractivity contribution >= 4 is 23.7 Å². The van der Waals surface area contributed by atoms with E-state index < -0.39 is 0 Å². The van der Waals surface area contributed by atoms with E-state index in [4.69, 9.17) is 0 Å². The van der Waals surface area contributed by atoms with Crippen LogP contribution in [0.5, 0.6) is 0 Å². The van der Waals surface area contributed by atoms with Crippen LogP contribution in [0, 0.1) is 6.92 Å². The number of fused-ring (bicyclic) bond motifs is 1. The van der Waals surface area contributed by atoms with E-state index >= 15 is 0 Å². The first kappa shape index (κ1) is 9.59. The smallest absolute Gasteiger partial charge is 0.106 e. The molecule has 0 fully saturated rings. The van der Waals surface area contributed by atoms with Crippen LogP contribution in [0.4, 0.5) is 0 Å². The minimum Gasteiger partial charge on any atom is -0.331 e. The van der Waals surface area contributed by atoms with Gasteiger partial charge in [-0.2, -0.15) is 12.6 Å². The summed E-state index contributed by atoms with van der Waals surface area (Å²) in [5.41, 5.74) is 3.62. The first-order valence-electron chi connectivity index (χ1n) is 4.75. The second-order valence-corrected chi connectivity index (χ2v) is 3.96. The first-order valence-corrected chi connectivity index (χ1v) is 5.38. The molecule has 0 saturated carbocycles. The van der Waals surface area contributed by atoms with Gasteiger partial charge in [-0.15, -0.1) is 0 Å². The molecule has 0 aliphatic carbocycles. The number of thiol groups is 1. The van der Waals surface area contributed by atoms with Gasteiger partial charge in [0, 0.05) is 7.05 Å². The summed E-state index contributed by atoms with van der Waals surface area (Å²) < 4.78 is 2.12.